The second kappa shape index (κ2) is 7.03. The first-order valence-corrected chi connectivity index (χ1v) is 4.47. The van der Waals surface area contributed by atoms with E-state index < -0.39 is 12.6 Å². The predicted octanol–water partition coefficient (Wildman–Crippen LogP) is 0.892. The number of hydrogen-bond acceptors (Lipinski definition) is 3. The first-order valence-electron chi connectivity index (χ1n) is 4.47. The highest BCUT2D eigenvalue weighted by atomic mass is 19.4. The van der Waals surface area contributed by atoms with Gasteiger partial charge in [-0.25, -0.2) is 0 Å². The molecule has 86 valence electrons. The summed E-state index contributed by atoms with van der Waals surface area (Å²) < 4.78 is 39.9. The van der Waals surface area contributed by atoms with Crippen LogP contribution in [0.2, 0.25) is 0 Å². The van der Waals surface area contributed by atoms with Crippen molar-refractivity contribution in [1.82, 2.24) is 5.32 Å². The lowest BCUT2D eigenvalue weighted by atomic mass is 10.2. The van der Waals surface area contributed by atoms with Crippen molar-refractivity contribution in [2.24, 2.45) is 5.73 Å². The Bertz CT molecular complexity index is 141. The minimum absolute atomic E-state index is 0.0792. The van der Waals surface area contributed by atoms with Crippen LogP contribution in [0.3, 0.4) is 0 Å². The quantitative estimate of drug-likeness (QED) is 0.619. The summed E-state index contributed by atoms with van der Waals surface area (Å²) in [5.74, 6) is 0. The molecule has 0 amide bonds. The third-order valence-corrected chi connectivity index (χ3v) is 1.68. The third-order valence-electron chi connectivity index (χ3n) is 1.68. The van der Waals surface area contributed by atoms with E-state index in [1.165, 1.54) is 0 Å². The second-order valence-corrected chi connectivity index (χ2v) is 3.11. The van der Waals surface area contributed by atoms with E-state index in [0.29, 0.717) is 19.6 Å². The fraction of sp³-hybridized carbons (Fsp3) is 1.00. The maximum absolute atomic E-state index is 11.7. The van der Waals surface area contributed by atoms with Crippen molar-refractivity contribution in [3.63, 3.8) is 0 Å². The Hall–Kier alpha value is -0.330. The normalized spacial score (nSPS) is 14.4. The topological polar surface area (TPSA) is 47.3 Å². The molecule has 0 fully saturated rings. The summed E-state index contributed by atoms with van der Waals surface area (Å²) in [6.45, 7) is 0.839. The maximum atomic E-state index is 11.7. The summed E-state index contributed by atoms with van der Waals surface area (Å²) in [6, 6.07) is -0.150. The van der Waals surface area contributed by atoms with Gasteiger partial charge in [0.05, 0.1) is 6.42 Å². The van der Waals surface area contributed by atoms with Gasteiger partial charge in [-0.15, -0.1) is 0 Å². The molecule has 0 heterocycles. The van der Waals surface area contributed by atoms with Crippen molar-refractivity contribution < 1.29 is 17.9 Å². The van der Waals surface area contributed by atoms with Crippen LogP contribution in [0.4, 0.5) is 13.2 Å². The van der Waals surface area contributed by atoms with Gasteiger partial charge in [-0.1, -0.05) is 0 Å². The first kappa shape index (κ1) is 13.7. The highest BCUT2D eigenvalue weighted by Gasteiger charge is 2.25. The maximum Gasteiger partial charge on any atom is 0.390 e. The van der Waals surface area contributed by atoms with Gasteiger partial charge in [-0.2, -0.15) is 13.2 Å². The number of nitrogens with one attached hydrogen (secondary N) is 1. The molecule has 1 unspecified atom stereocenters. The molecule has 6 heteroatoms. The van der Waals surface area contributed by atoms with Crippen LogP contribution in [0.25, 0.3) is 0 Å². The number of methoxy groups -OCH3 is 1. The molecule has 0 aromatic heterocycles. The van der Waals surface area contributed by atoms with Crippen LogP contribution < -0.4 is 11.1 Å². The average molecular weight is 214 g/mol. The smallest absolute Gasteiger partial charge is 0.385 e. The van der Waals surface area contributed by atoms with Gasteiger partial charge in [-0.3, -0.25) is 0 Å². The van der Waals surface area contributed by atoms with Crippen LogP contribution in [0.1, 0.15) is 12.8 Å². The molecule has 0 aromatic carbocycles. The zero-order chi connectivity index (χ0) is 11.0. The molecule has 0 radical (unpaired) electrons. The highest BCUT2D eigenvalue weighted by molar-refractivity contribution is 4.65. The lowest BCUT2D eigenvalue weighted by Crippen LogP contribution is -2.36. The van der Waals surface area contributed by atoms with Crippen LogP contribution in [0, 0.1) is 0 Å². The average Bonchev–Trinajstić information content (AvgIpc) is 2.07. The van der Waals surface area contributed by atoms with Crippen LogP contribution in [-0.4, -0.2) is 39.0 Å². The van der Waals surface area contributed by atoms with Gasteiger partial charge in [-0.05, 0) is 6.42 Å². The van der Waals surface area contributed by atoms with Crippen molar-refractivity contribution in [3.05, 3.63) is 0 Å². The van der Waals surface area contributed by atoms with Crippen molar-refractivity contribution in [2.45, 2.75) is 25.1 Å². The lowest BCUT2D eigenvalue weighted by Gasteiger charge is -2.12. The van der Waals surface area contributed by atoms with Gasteiger partial charge in [0.15, 0.2) is 0 Å². The molecule has 3 nitrogen and oxygen atoms in total. The Kier molecular flexibility index (Phi) is 6.86. The molecule has 0 spiro atoms. The van der Waals surface area contributed by atoms with Gasteiger partial charge < -0.3 is 15.8 Å². The third kappa shape index (κ3) is 9.76. The van der Waals surface area contributed by atoms with Crippen LogP contribution in [0.5, 0.6) is 0 Å². The Labute approximate surface area is 81.8 Å². The fourth-order valence-electron chi connectivity index (χ4n) is 0.889. The van der Waals surface area contributed by atoms with E-state index in [9.17, 15) is 13.2 Å². The number of rotatable bonds is 7. The van der Waals surface area contributed by atoms with Crippen molar-refractivity contribution in [2.75, 3.05) is 26.8 Å². The molecular formula is C8H17F3N2O. The van der Waals surface area contributed by atoms with Gasteiger partial charge in [0.1, 0.15) is 0 Å². The summed E-state index contributed by atoms with van der Waals surface area (Å²) in [6.07, 6.45) is -4.26. The van der Waals surface area contributed by atoms with Crippen LogP contribution in [0.15, 0.2) is 0 Å². The summed E-state index contributed by atoms with van der Waals surface area (Å²) >= 11 is 0. The highest BCUT2D eigenvalue weighted by Crippen LogP contribution is 2.17. The fourth-order valence-corrected chi connectivity index (χ4v) is 0.889. The molecule has 0 aliphatic heterocycles. The van der Waals surface area contributed by atoms with E-state index >= 15 is 0 Å². The minimum Gasteiger partial charge on any atom is -0.385 e. The molecule has 0 bridgehead atoms. The molecular weight excluding hydrogens is 197 g/mol. The Balaban J connectivity index is 3.27. The molecule has 0 aliphatic carbocycles. The van der Waals surface area contributed by atoms with E-state index in [-0.39, 0.29) is 12.6 Å². The van der Waals surface area contributed by atoms with E-state index in [1.807, 2.05) is 0 Å². The summed E-state index contributed by atoms with van der Waals surface area (Å²) in [7, 11) is 1.56. The van der Waals surface area contributed by atoms with Gasteiger partial charge >= 0.3 is 6.18 Å². The van der Waals surface area contributed by atoms with Gasteiger partial charge in [0.25, 0.3) is 0 Å². The number of halogens is 3. The van der Waals surface area contributed by atoms with E-state index in [0.717, 1.165) is 0 Å². The van der Waals surface area contributed by atoms with Crippen molar-refractivity contribution >= 4 is 0 Å². The predicted molar refractivity (Wildman–Crippen MR) is 48.0 cm³/mol. The van der Waals surface area contributed by atoms with E-state index in [1.54, 1.807) is 7.11 Å². The summed E-state index contributed by atoms with van der Waals surface area (Å²) in [5.41, 5.74) is 5.59. The van der Waals surface area contributed by atoms with Crippen molar-refractivity contribution in [1.29, 1.82) is 0 Å². The minimum atomic E-state index is -4.09. The zero-order valence-corrected chi connectivity index (χ0v) is 8.23. The molecule has 0 aliphatic rings. The Morgan fingerprint density at radius 3 is 2.57 bits per heavy atom. The van der Waals surface area contributed by atoms with Crippen LogP contribution in [-0.2, 0) is 4.74 Å². The molecule has 0 saturated heterocycles. The zero-order valence-electron chi connectivity index (χ0n) is 8.23. The summed E-state index contributed by atoms with van der Waals surface area (Å²) in [4.78, 5) is 0. The summed E-state index contributed by atoms with van der Waals surface area (Å²) in [5, 5.41) is 2.65. The standard InChI is InChI=1S/C8H17F3N2O/c1-14-5-2-7(12)6-13-4-3-8(9,10)11/h7,13H,2-6,12H2,1H3. The van der Waals surface area contributed by atoms with E-state index in [2.05, 4.69) is 5.32 Å². The SMILES string of the molecule is COCCC(N)CNCCC(F)(F)F. The van der Waals surface area contributed by atoms with Gasteiger partial charge in [0, 0.05) is 32.8 Å². The molecule has 0 aromatic rings. The van der Waals surface area contributed by atoms with Crippen molar-refractivity contribution in [3.8, 4) is 0 Å². The van der Waals surface area contributed by atoms with Crippen LogP contribution >= 0.6 is 0 Å². The molecule has 0 saturated carbocycles. The Morgan fingerprint density at radius 1 is 1.43 bits per heavy atom. The number of ether oxygens (including phenoxy) is 1. The first-order chi connectivity index (χ1) is 6.45. The molecule has 14 heavy (non-hydrogen) atoms. The molecule has 3 N–H and O–H groups in total. The number of hydrogen-bond donors (Lipinski definition) is 2. The number of alkyl halides is 3. The monoisotopic (exact) mass is 214 g/mol. The Morgan fingerprint density at radius 2 is 2.07 bits per heavy atom. The lowest BCUT2D eigenvalue weighted by molar-refractivity contribution is -0.133. The van der Waals surface area contributed by atoms with Gasteiger partial charge in [0.2, 0.25) is 0 Å². The van der Waals surface area contributed by atoms with E-state index in [4.69, 9.17) is 10.5 Å². The second-order valence-electron chi connectivity index (χ2n) is 3.11. The molecule has 0 rings (SSSR count). The largest absolute Gasteiger partial charge is 0.390 e. The number of nitrogens with two attached hydrogens (primary N) is 1. The molecule has 1 atom stereocenters.